The number of hydrogen-bond acceptors (Lipinski definition) is 42. The summed E-state index contributed by atoms with van der Waals surface area (Å²) in [6.45, 7) is -3.80. The van der Waals surface area contributed by atoms with Gasteiger partial charge in [0.05, 0.1) is 82.6 Å². The fraction of sp³-hybridized carbons (Fsp3) is 0.945. The predicted molar refractivity (Wildman–Crippen MR) is 307 cm³/mol. The Kier molecular flexibility index (Phi) is 28.9. The molecule has 2 amide bonds. The van der Waals surface area contributed by atoms with E-state index < -0.39 is 321 Å². The Hall–Kier alpha value is -3.15. The molecule has 8 fully saturated rings. The van der Waals surface area contributed by atoms with Crippen LogP contribution in [0.4, 0.5) is 0 Å². The lowest BCUT2D eigenvalue weighted by atomic mass is 9.87. The molecular weight excluding hydrogens is 1370 g/mol. The van der Waals surface area contributed by atoms with Gasteiger partial charge in [0.15, 0.2) is 44.0 Å². The molecule has 45 heteroatoms. The normalized spacial score (nSPS) is 49.5. The summed E-state index contributed by atoms with van der Waals surface area (Å²) in [5, 5.41) is 255. The minimum absolute atomic E-state index is 0.757. The van der Waals surface area contributed by atoms with Gasteiger partial charge in [0, 0.05) is 20.3 Å². The third kappa shape index (κ3) is 17.8. The standard InChI is InChI=1S/C55H94N4O41/c1-12(64)25(58-13(2)65)44-26(59-14(3)66)15(67)4-55(100-44,54(84)85)88-11-22-29(70)36(77)38(79)51(94-22)87-10-21-33(74)46(99-49-23(56)42(30(71)18(7-62)91-49)96-52-39(80)35(76)28(69)17(6-61)93-52)41(82)53(95-21)97-43-24(57)48(90-19(8-63)31(43)72)98-45-32(73)20(89-47(83)40(45)81)9-86-50-37(78)34(75)27(68)16(5-60)92-50/h12,15-53,60-64,67-83H,4-11,56-57H2,1-3H3,(H,58,65)(H,59,66)(H,84,85)/t12-,15-,16+,17+,18+,19+,20+,21+,22+,23+,24+,25-,26-,27+,28-,29+,30-,31-,32-,33-,34-,35-,36-,37+,38+,39+,40+,41+,42+,43+,44-,45-,46-,47+,48-,49-,50+,51+,52-,53-,55-/m0/s1. The fourth-order valence-electron chi connectivity index (χ4n) is 12.8. The topological polar surface area (TPSA) is 731 Å². The van der Waals surface area contributed by atoms with Crippen molar-refractivity contribution in [3.8, 4) is 0 Å². The first kappa shape index (κ1) is 82.5. The van der Waals surface area contributed by atoms with Crippen LogP contribution < -0.4 is 22.1 Å². The highest BCUT2D eigenvalue weighted by Crippen LogP contribution is 2.39. The summed E-state index contributed by atoms with van der Waals surface area (Å²) in [6, 6.07) is -6.83. The first-order chi connectivity index (χ1) is 47.0. The highest BCUT2D eigenvalue weighted by atomic mass is 16.8. The van der Waals surface area contributed by atoms with Crippen molar-refractivity contribution in [3.63, 3.8) is 0 Å². The molecule has 8 heterocycles. The predicted octanol–water partition coefficient (Wildman–Crippen LogP) is -18.0. The molecule has 0 aromatic rings. The van der Waals surface area contributed by atoms with E-state index in [2.05, 4.69) is 10.6 Å². The van der Waals surface area contributed by atoms with Crippen molar-refractivity contribution < 1.29 is 203 Å². The summed E-state index contributed by atoms with van der Waals surface area (Å²) in [7, 11) is 0. The summed E-state index contributed by atoms with van der Waals surface area (Å²) >= 11 is 0. The second kappa shape index (κ2) is 35.1. The molecule has 100 heavy (non-hydrogen) atoms. The lowest BCUT2D eigenvalue weighted by Crippen LogP contribution is -2.70. The van der Waals surface area contributed by atoms with Crippen LogP contribution in [-0.4, -0.2) is 432 Å². The van der Waals surface area contributed by atoms with Crippen molar-refractivity contribution in [3.05, 3.63) is 0 Å². The van der Waals surface area contributed by atoms with Gasteiger partial charge < -0.3 is 211 Å². The largest absolute Gasteiger partial charge is 0.477 e. The summed E-state index contributed by atoms with van der Waals surface area (Å²) < 4.78 is 86.1. The van der Waals surface area contributed by atoms with Gasteiger partial charge in [0.1, 0.15) is 165 Å². The van der Waals surface area contributed by atoms with Crippen LogP contribution in [0.2, 0.25) is 0 Å². The highest BCUT2D eigenvalue weighted by molar-refractivity contribution is 5.77. The number of aliphatic hydroxyl groups excluding tert-OH is 22. The SMILES string of the molecule is CC(=O)N[C@H]([C@@H]1O[C@](OC[C@H]2O[C@@H](OC[C@H]3O[C@@H](O[C@@H]4[C@@H](N)[C@H](O[C@@H]5[C@@H](O)[C@H](O)O[C@H](CO[C@@H]6O[C@H](CO)[C@@H](O)[C@H](O)[C@H]6O)[C@@H]5O)O[C@H](CO)[C@@H]4O)[C@H](O)[C@@H](O[C@@H]4O[C@H](CO)[C@H](O)[C@H](O[C@@H]5O[C@H](CO)[C@H](O)[C@H](O)[C@H]5O)[C@H]4N)[C@H]3O)[C@H](O)[C@@H](O)[C@@H]2O)(C(=O)O)C[C@H](O)[C@@H]1NC(C)=O)[C@H](C)O. The van der Waals surface area contributed by atoms with Crippen LogP contribution in [0, 0.1) is 0 Å². The van der Waals surface area contributed by atoms with Gasteiger partial charge in [-0.3, -0.25) is 9.59 Å². The third-order valence-corrected chi connectivity index (χ3v) is 18.5. The van der Waals surface area contributed by atoms with Gasteiger partial charge in [0.2, 0.25) is 11.8 Å². The zero-order chi connectivity index (χ0) is 74.0. The number of aliphatic carboxylic acids is 1. The number of amides is 2. The summed E-state index contributed by atoms with van der Waals surface area (Å²) in [4.78, 5) is 37.7. The van der Waals surface area contributed by atoms with Crippen molar-refractivity contribution in [2.75, 3.05) is 46.2 Å². The Morgan fingerprint density at radius 1 is 0.450 bits per heavy atom. The molecule has 41 atom stereocenters. The fourth-order valence-corrected chi connectivity index (χ4v) is 12.8. The molecule has 0 aromatic heterocycles. The van der Waals surface area contributed by atoms with Gasteiger partial charge in [-0.15, -0.1) is 0 Å². The molecule has 580 valence electrons. The molecule has 8 aliphatic rings. The zero-order valence-electron chi connectivity index (χ0n) is 53.5. The second-order valence-electron chi connectivity index (χ2n) is 25.6. The van der Waals surface area contributed by atoms with E-state index in [0.29, 0.717) is 0 Å². The lowest BCUT2D eigenvalue weighted by Gasteiger charge is -2.50. The van der Waals surface area contributed by atoms with Crippen LogP contribution >= 0.6 is 0 Å². The number of carboxylic acids is 1. The van der Waals surface area contributed by atoms with E-state index in [1.165, 1.54) is 6.92 Å². The van der Waals surface area contributed by atoms with Crippen LogP contribution in [-0.2, 0) is 85.4 Å². The third-order valence-electron chi connectivity index (χ3n) is 18.5. The van der Waals surface area contributed by atoms with Crippen molar-refractivity contribution in [1.82, 2.24) is 10.6 Å². The van der Waals surface area contributed by atoms with Gasteiger partial charge >= 0.3 is 5.97 Å². The summed E-state index contributed by atoms with van der Waals surface area (Å²) in [5.41, 5.74) is 13.1. The van der Waals surface area contributed by atoms with Crippen LogP contribution in [0.1, 0.15) is 27.2 Å². The van der Waals surface area contributed by atoms with E-state index in [1.807, 2.05) is 0 Å². The van der Waals surface area contributed by atoms with E-state index in [4.69, 9.17) is 82.5 Å². The lowest BCUT2D eigenvalue weighted by molar-refractivity contribution is -0.383. The number of ether oxygens (including phenoxy) is 15. The smallest absolute Gasteiger partial charge is 0.364 e. The van der Waals surface area contributed by atoms with E-state index in [9.17, 15) is 132 Å². The summed E-state index contributed by atoms with van der Waals surface area (Å²) in [5.74, 6) is -6.44. The number of nitrogens with one attached hydrogen (secondary N) is 2. The van der Waals surface area contributed by atoms with Gasteiger partial charge in [0.25, 0.3) is 5.79 Å². The Labute approximate surface area is 566 Å². The van der Waals surface area contributed by atoms with Crippen LogP contribution in [0.3, 0.4) is 0 Å². The maximum absolute atomic E-state index is 13.1. The molecule has 0 unspecified atom stereocenters. The Balaban J connectivity index is 1.05. The number of aliphatic hydroxyl groups is 22. The molecule has 0 bridgehead atoms. The number of carbonyl (C=O) groups is 3. The number of rotatable bonds is 26. The van der Waals surface area contributed by atoms with Crippen molar-refractivity contribution in [2.45, 2.75) is 278 Å². The molecule has 29 N–H and O–H groups in total. The number of hydrogen-bond donors (Lipinski definition) is 27. The zero-order valence-corrected chi connectivity index (χ0v) is 53.5. The molecule has 8 rings (SSSR count). The Morgan fingerprint density at radius 2 is 0.810 bits per heavy atom. The van der Waals surface area contributed by atoms with E-state index >= 15 is 0 Å². The van der Waals surface area contributed by atoms with E-state index in [-0.39, 0.29) is 0 Å². The maximum atomic E-state index is 13.1. The molecule has 0 aliphatic carbocycles. The first-order valence-electron chi connectivity index (χ1n) is 31.8. The number of nitrogens with two attached hydrogens (primary N) is 2. The van der Waals surface area contributed by atoms with Gasteiger partial charge in [-0.2, -0.15) is 0 Å². The average Bonchev–Trinajstić information content (AvgIpc) is 0.771. The maximum Gasteiger partial charge on any atom is 0.364 e. The first-order valence-corrected chi connectivity index (χ1v) is 31.8. The molecule has 8 aliphatic heterocycles. The average molecular weight is 1470 g/mol. The molecule has 0 radical (unpaired) electrons. The van der Waals surface area contributed by atoms with Crippen molar-refractivity contribution in [1.29, 1.82) is 0 Å². The van der Waals surface area contributed by atoms with Gasteiger partial charge in [-0.25, -0.2) is 4.79 Å². The van der Waals surface area contributed by atoms with Gasteiger partial charge in [-0.1, -0.05) is 0 Å². The molecule has 45 nitrogen and oxygen atoms in total. The highest BCUT2D eigenvalue weighted by Gasteiger charge is 2.60. The number of carboxylic acid groups (broad SMARTS) is 1. The minimum Gasteiger partial charge on any atom is -0.477 e. The molecule has 0 aromatic carbocycles. The van der Waals surface area contributed by atoms with Gasteiger partial charge in [-0.05, 0) is 6.92 Å². The Bertz CT molecular complexity index is 2580. The molecular formula is C55H94N4O41. The summed E-state index contributed by atoms with van der Waals surface area (Å²) in [6.07, 6.45) is -72.8. The monoisotopic (exact) mass is 1470 g/mol. The van der Waals surface area contributed by atoms with E-state index in [0.717, 1.165) is 13.8 Å². The van der Waals surface area contributed by atoms with E-state index in [1.54, 1.807) is 0 Å². The number of carbonyl (C=O) groups excluding carboxylic acids is 2. The second-order valence-corrected chi connectivity index (χ2v) is 25.6. The molecule has 0 spiro atoms. The van der Waals surface area contributed by atoms with Crippen LogP contribution in [0.15, 0.2) is 0 Å². The quantitative estimate of drug-likeness (QED) is 0.0382. The minimum atomic E-state index is -2.97. The van der Waals surface area contributed by atoms with Crippen molar-refractivity contribution in [2.24, 2.45) is 11.5 Å². The Morgan fingerprint density at radius 3 is 1.25 bits per heavy atom. The van der Waals surface area contributed by atoms with Crippen molar-refractivity contribution >= 4 is 17.8 Å². The van der Waals surface area contributed by atoms with Crippen LogP contribution in [0.25, 0.3) is 0 Å². The van der Waals surface area contributed by atoms with Crippen LogP contribution in [0.5, 0.6) is 0 Å². The molecule has 0 saturated carbocycles. The molecule has 8 saturated heterocycles.